The molecule has 96 valence electrons. The molecule has 0 radical (unpaired) electrons. The van der Waals surface area contributed by atoms with Crippen molar-refractivity contribution in [3.05, 3.63) is 38.9 Å². The van der Waals surface area contributed by atoms with Crippen molar-refractivity contribution in [2.24, 2.45) is 5.73 Å². The summed E-state index contributed by atoms with van der Waals surface area (Å²) in [5.74, 6) is -1.42. The second-order valence-electron chi connectivity index (χ2n) is 3.20. The molecule has 0 fully saturated rings. The quantitative estimate of drug-likeness (QED) is 0.506. The lowest BCUT2D eigenvalue weighted by Gasteiger charge is -2.09. The van der Waals surface area contributed by atoms with Gasteiger partial charge in [-0.05, 0) is 12.1 Å². The lowest BCUT2D eigenvalue weighted by Crippen LogP contribution is -2.17. The third kappa shape index (κ3) is 2.44. The Morgan fingerprint density at radius 3 is 2.28 bits per heavy atom. The minimum Gasteiger partial charge on any atom is -0.365 e. The minimum atomic E-state index is -4.85. The van der Waals surface area contributed by atoms with E-state index < -0.39 is 39.4 Å². The third-order valence-electron chi connectivity index (χ3n) is 2.04. The monoisotopic (exact) mass is 262 g/mol. The molecule has 9 heteroatoms. The third-order valence-corrected chi connectivity index (χ3v) is 2.04. The van der Waals surface area contributed by atoms with Crippen molar-refractivity contribution >= 4 is 17.9 Å². The van der Waals surface area contributed by atoms with Crippen molar-refractivity contribution in [1.82, 2.24) is 0 Å². The SMILES string of the molecule is NC(=O)c1cc(C(F)(F)F)cc(C=O)c1[N+](=O)[O-]. The molecule has 1 aromatic rings. The minimum absolute atomic E-state index is 0.139. The first-order chi connectivity index (χ1) is 8.18. The molecule has 0 aromatic heterocycles. The van der Waals surface area contributed by atoms with Crippen molar-refractivity contribution < 1.29 is 27.7 Å². The average molecular weight is 262 g/mol. The number of nitro benzene ring substituents is 1. The van der Waals surface area contributed by atoms with Gasteiger partial charge in [-0.2, -0.15) is 13.2 Å². The number of primary amides is 1. The Bertz CT molecular complexity index is 539. The van der Waals surface area contributed by atoms with Gasteiger partial charge in [-0.3, -0.25) is 19.7 Å². The van der Waals surface area contributed by atoms with Crippen LogP contribution in [0.15, 0.2) is 12.1 Å². The van der Waals surface area contributed by atoms with Gasteiger partial charge in [0, 0.05) is 0 Å². The zero-order valence-electron chi connectivity index (χ0n) is 8.52. The van der Waals surface area contributed by atoms with E-state index in [0.29, 0.717) is 0 Å². The number of alkyl halides is 3. The van der Waals surface area contributed by atoms with Gasteiger partial charge in [-0.15, -0.1) is 0 Å². The molecule has 0 aliphatic carbocycles. The van der Waals surface area contributed by atoms with Crippen LogP contribution >= 0.6 is 0 Å². The van der Waals surface area contributed by atoms with E-state index in [4.69, 9.17) is 5.73 Å². The summed E-state index contributed by atoms with van der Waals surface area (Å²) < 4.78 is 37.3. The van der Waals surface area contributed by atoms with Crippen LogP contribution in [0.5, 0.6) is 0 Å². The zero-order valence-corrected chi connectivity index (χ0v) is 8.52. The summed E-state index contributed by atoms with van der Waals surface area (Å²) in [4.78, 5) is 31.0. The fraction of sp³-hybridized carbons (Fsp3) is 0.111. The Morgan fingerprint density at radius 2 is 1.94 bits per heavy atom. The first-order valence-corrected chi connectivity index (χ1v) is 4.33. The maximum Gasteiger partial charge on any atom is 0.416 e. The maximum atomic E-state index is 12.4. The molecule has 1 rings (SSSR count). The van der Waals surface area contributed by atoms with E-state index in [1.165, 1.54) is 0 Å². The summed E-state index contributed by atoms with van der Waals surface area (Å²) in [7, 11) is 0. The van der Waals surface area contributed by atoms with Crippen LogP contribution in [-0.2, 0) is 6.18 Å². The van der Waals surface area contributed by atoms with Gasteiger partial charge in [0.2, 0.25) is 0 Å². The van der Waals surface area contributed by atoms with E-state index in [1.54, 1.807) is 0 Å². The molecular formula is C9H5F3N2O4. The van der Waals surface area contributed by atoms with E-state index in [2.05, 4.69) is 0 Å². The van der Waals surface area contributed by atoms with E-state index >= 15 is 0 Å². The van der Waals surface area contributed by atoms with E-state index in [0.717, 1.165) is 0 Å². The summed E-state index contributed by atoms with van der Waals surface area (Å²) in [5.41, 5.74) is 0.549. The topological polar surface area (TPSA) is 103 Å². The number of carbonyl (C=O) groups is 2. The summed E-state index contributed by atoms with van der Waals surface area (Å²) >= 11 is 0. The molecule has 1 amide bonds. The number of aldehydes is 1. The molecule has 0 unspecified atom stereocenters. The van der Waals surface area contributed by atoms with Gasteiger partial charge in [0.05, 0.1) is 16.1 Å². The summed E-state index contributed by atoms with van der Waals surface area (Å²) in [6.45, 7) is 0. The number of nitro groups is 1. The second-order valence-corrected chi connectivity index (χ2v) is 3.20. The molecular weight excluding hydrogens is 257 g/mol. The summed E-state index contributed by atoms with van der Waals surface area (Å²) in [6, 6.07) is 0.533. The molecule has 2 N–H and O–H groups in total. The number of rotatable bonds is 3. The number of hydrogen-bond donors (Lipinski definition) is 1. The Hall–Kier alpha value is -2.45. The van der Waals surface area contributed by atoms with Crippen LogP contribution < -0.4 is 5.73 Å². The molecule has 0 bridgehead atoms. The number of nitrogens with two attached hydrogens (primary N) is 1. The smallest absolute Gasteiger partial charge is 0.365 e. The number of halogens is 3. The van der Waals surface area contributed by atoms with Crippen molar-refractivity contribution in [2.45, 2.75) is 6.18 Å². The largest absolute Gasteiger partial charge is 0.416 e. The molecule has 18 heavy (non-hydrogen) atoms. The first kappa shape index (κ1) is 13.6. The number of hydrogen-bond acceptors (Lipinski definition) is 4. The van der Waals surface area contributed by atoms with Gasteiger partial charge in [0.25, 0.3) is 11.6 Å². The van der Waals surface area contributed by atoms with Crippen molar-refractivity contribution in [3.63, 3.8) is 0 Å². The highest BCUT2D eigenvalue weighted by Crippen LogP contribution is 2.34. The number of carbonyl (C=O) groups excluding carboxylic acids is 2. The zero-order chi connectivity index (χ0) is 14.1. The standard InChI is InChI=1S/C9H5F3N2O4/c10-9(11,12)5-1-4(3-15)7(14(17)18)6(2-5)8(13)16/h1-3H,(H2,13,16). The summed E-state index contributed by atoms with van der Waals surface area (Å²) in [6.07, 6.45) is -4.99. The van der Waals surface area contributed by atoms with Crippen LogP contribution in [0, 0.1) is 10.1 Å². The van der Waals surface area contributed by atoms with Crippen molar-refractivity contribution in [2.75, 3.05) is 0 Å². The van der Waals surface area contributed by atoms with Crippen LogP contribution in [0.4, 0.5) is 18.9 Å². The van der Waals surface area contributed by atoms with Crippen LogP contribution in [0.25, 0.3) is 0 Å². The number of benzene rings is 1. The first-order valence-electron chi connectivity index (χ1n) is 4.33. The van der Waals surface area contributed by atoms with Gasteiger partial charge in [0.1, 0.15) is 5.56 Å². The average Bonchev–Trinajstić information content (AvgIpc) is 2.25. The van der Waals surface area contributed by atoms with Gasteiger partial charge in [0.15, 0.2) is 6.29 Å². The van der Waals surface area contributed by atoms with Gasteiger partial charge >= 0.3 is 6.18 Å². The highest BCUT2D eigenvalue weighted by Gasteiger charge is 2.35. The Kier molecular flexibility index (Phi) is 3.35. The van der Waals surface area contributed by atoms with E-state index in [9.17, 15) is 32.9 Å². The summed E-state index contributed by atoms with van der Waals surface area (Å²) in [5, 5.41) is 10.6. The molecule has 0 aliphatic heterocycles. The Labute approximate surface area is 97.3 Å². The van der Waals surface area contributed by atoms with Crippen LogP contribution in [0.3, 0.4) is 0 Å². The highest BCUT2D eigenvalue weighted by atomic mass is 19.4. The second kappa shape index (κ2) is 4.43. The molecule has 1 aromatic carbocycles. The fourth-order valence-electron chi connectivity index (χ4n) is 1.30. The predicted octanol–water partition coefficient (Wildman–Crippen LogP) is 1.52. The fourth-order valence-corrected chi connectivity index (χ4v) is 1.30. The normalized spacial score (nSPS) is 11.1. The molecule has 0 atom stereocenters. The van der Waals surface area contributed by atoms with Gasteiger partial charge in [-0.1, -0.05) is 0 Å². The van der Waals surface area contributed by atoms with E-state index in [1.807, 2.05) is 0 Å². The van der Waals surface area contributed by atoms with E-state index in [-0.39, 0.29) is 18.4 Å². The Balaban J connectivity index is 3.70. The van der Waals surface area contributed by atoms with Crippen LogP contribution in [0.1, 0.15) is 26.3 Å². The number of nitrogens with zero attached hydrogens (tertiary/aromatic N) is 1. The molecule has 0 aliphatic rings. The molecule has 6 nitrogen and oxygen atoms in total. The molecule has 0 saturated carbocycles. The van der Waals surface area contributed by atoms with Crippen molar-refractivity contribution in [3.8, 4) is 0 Å². The lowest BCUT2D eigenvalue weighted by atomic mass is 10.0. The molecule has 0 spiro atoms. The molecule has 0 heterocycles. The lowest BCUT2D eigenvalue weighted by molar-refractivity contribution is -0.385. The Morgan fingerprint density at radius 1 is 1.39 bits per heavy atom. The van der Waals surface area contributed by atoms with Gasteiger partial charge in [-0.25, -0.2) is 0 Å². The van der Waals surface area contributed by atoms with Gasteiger partial charge < -0.3 is 5.73 Å². The van der Waals surface area contributed by atoms with Crippen LogP contribution in [-0.4, -0.2) is 17.1 Å². The van der Waals surface area contributed by atoms with Crippen LogP contribution in [0.2, 0.25) is 0 Å². The maximum absolute atomic E-state index is 12.4. The molecule has 0 saturated heterocycles. The predicted molar refractivity (Wildman–Crippen MR) is 52.0 cm³/mol. The number of amides is 1. The van der Waals surface area contributed by atoms with Crippen molar-refractivity contribution in [1.29, 1.82) is 0 Å². The highest BCUT2D eigenvalue weighted by molar-refractivity contribution is 6.00.